The van der Waals surface area contributed by atoms with Crippen molar-refractivity contribution in [2.24, 2.45) is 46.3 Å². The van der Waals surface area contributed by atoms with Crippen LogP contribution < -0.4 is 0 Å². The topological polar surface area (TPSA) is 52.6 Å². The van der Waals surface area contributed by atoms with Gasteiger partial charge in [0, 0.05) is 11.8 Å². The van der Waals surface area contributed by atoms with Gasteiger partial charge in [-0.15, -0.1) is 0 Å². The van der Waals surface area contributed by atoms with Crippen LogP contribution in [0.25, 0.3) is 0 Å². The van der Waals surface area contributed by atoms with E-state index < -0.39 is 10.8 Å². The van der Waals surface area contributed by atoms with Gasteiger partial charge in [0.25, 0.3) is 0 Å². The molecule has 25 heavy (non-hydrogen) atoms. The van der Waals surface area contributed by atoms with Gasteiger partial charge in [-0.1, -0.05) is 35.5 Å². The van der Waals surface area contributed by atoms with Crippen LogP contribution in [0.2, 0.25) is 0 Å². The molecule has 4 bridgehead atoms. The summed E-state index contributed by atoms with van der Waals surface area (Å²) in [4.78, 5) is 26.6. The van der Waals surface area contributed by atoms with Crippen molar-refractivity contribution in [2.45, 2.75) is 20.3 Å². The lowest BCUT2D eigenvalue weighted by atomic mass is 9.33. The molecule has 5 aliphatic carbocycles. The normalized spacial score (nSPS) is 49.7. The van der Waals surface area contributed by atoms with Crippen molar-refractivity contribution in [3.05, 3.63) is 35.5 Å². The lowest BCUT2D eigenvalue weighted by Crippen LogP contribution is -2.74. The first-order valence-electron chi connectivity index (χ1n) is 9.18. The molecule has 0 aromatic heterocycles. The second-order valence-electron chi connectivity index (χ2n) is 8.52. The van der Waals surface area contributed by atoms with Gasteiger partial charge in [0.2, 0.25) is 0 Å². The molecule has 0 amide bonds. The highest BCUT2D eigenvalue weighted by Gasteiger charge is 2.91. The molecular weight excluding hydrogens is 316 g/mol. The molecule has 0 aromatic rings. The SMILES string of the molecule is COC(=O)[C@@]12[C@@H]3[C@@H]([C@H]4C=C[C@@H]3C4)[C@]1(C(=O)OC)[C@H]1C=C[C@@H]2C1=C(C)C. The van der Waals surface area contributed by atoms with E-state index in [-0.39, 0.29) is 35.6 Å². The summed E-state index contributed by atoms with van der Waals surface area (Å²) in [6.07, 6.45) is 9.87. The molecule has 0 saturated heterocycles. The number of allylic oxidation sites excluding steroid dienone is 6. The first-order valence-corrected chi connectivity index (χ1v) is 9.18. The molecule has 0 radical (unpaired) electrons. The molecule has 0 aliphatic heterocycles. The van der Waals surface area contributed by atoms with E-state index in [1.165, 1.54) is 25.4 Å². The molecule has 0 aromatic carbocycles. The van der Waals surface area contributed by atoms with Gasteiger partial charge >= 0.3 is 11.9 Å². The number of hydrogen-bond donors (Lipinski definition) is 0. The molecule has 8 atom stereocenters. The maximum absolute atomic E-state index is 13.3. The van der Waals surface area contributed by atoms with Crippen LogP contribution in [0.4, 0.5) is 0 Å². The zero-order valence-corrected chi connectivity index (χ0v) is 15.1. The lowest BCUT2D eigenvalue weighted by Gasteiger charge is -2.66. The van der Waals surface area contributed by atoms with E-state index in [1.807, 2.05) is 0 Å². The minimum Gasteiger partial charge on any atom is -0.469 e. The molecule has 0 heterocycles. The maximum Gasteiger partial charge on any atom is 0.314 e. The molecule has 4 nitrogen and oxygen atoms in total. The highest BCUT2D eigenvalue weighted by Crippen LogP contribution is 2.86. The average Bonchev–Trinajstić information content (AvgIpc) is 3.31. The number of methoxy groups -OCH3 is 2. The lowest BCUT2D eigenvalue weighted by molar-refractivity contribution is -0.244. The van der Waals surface area contributed by atoms with E-state index in [2.05, 4.69) is 38.2 Å². The minimum absolute atomic E-state index is 0.0388. The first kappa shape index (κ1) is 15.4. The number of ether oxygens (including phenoxy) is 2. The molecule has 0 spiro atoms. The number of carbonyl (C=O) groups excluding carboxylic acids is 2. The third kappa shape index (κ3) is 1.24. The largest absolute Gasteiger partial charge is 0.469 e. The third-order valence-electron chi connectivity index (χ3n) is 7.97. The van der Waals surface area contributed by atoms with E-state index in [9.17, 15) is 9.59 Å². The smallest absolute Gasteiger partial charge is 0.314 e. The van der Waals surface area contributed by atoms with E-state index in [0.717, 1.165) is 6.42 Å². The van der Waals surface area contributed by atoms with Gasteiger partial charge in [0.05, 0.1) is 25.0 Å². The Hall–Kier alpha value is -1.84. The van der Waals surface area contributed by atoms with Crippen LogP contribution in [0, 0.1) is 46.3 Å². The van der Waals surface area contributed by atoms with Crippen molar-refractivity contribution in [1.29, 1.82) is 0 Å². The molecule has 132 valence electrons. The van der Waals surface area contributed by atoms with Gasteiger partial charge in [-0.25, -0.2) is 0 Å². The molecule has 0 unspecified atom stereocenters. The Labute approximate surface area is 147 Å². The quantitative estimate of drug-likeness (QED) is 0.573. The van der Waals surface area contributed by atoms with E-state index in [0.29, 0.717) is 11.8 Å². The summed E-state index contributed by atoms with van der Waals surface area (Å²) in [6.45, 7) is 4.18. The zero-order chi connectivity index (χ0) is 17.7. The standard InChI is InChI=1S/C21H24O4/c1-10(2)15-13-7-8-14(15)21(19(23)25-4)17-12-6-5-11(9-12)16(17)20(13,21)18(22)24-3/h5-8,11-14,16-17H,9H2,1-4H3/t11-,12+,13-,14+,16+,17-,20-,21+. The second-order valence-corrected chi connectivity index (χ2v) is 8.52. The molecular formula is C21H24O4. The fourth-order valence-corrected chi connectivity index (χ4v) is 7.69. The fourth-order valence-electron chi connectivity index (χ4n) is 7.69. The van der Waals surface area contributed by atoms with Gasteiger partial charge in [-0.05, 0) is 43.9 Å². The summed E-state index contributed by atoms with van der Waals surface area (Å²) < 4.78 is 10.7. The zero-order valence-electron chi connectivity index (χ0n) is 15.1. The van der Waals surface area contributed by atoms with Crippen LogP contribution in [-0.2, 0) is 19.1 Å². The van der Waals surface area contributed by atoms with Crippen LogP contribution in [0.5, 0.6) is 0 Å². The summed E-state index contributed by atoms with van der Waals surface area (Å²) in [7, 11) is 2.90. The molecule has 0 N–H and O–H groups in total. The molecule has 3 fully saturated rings. The second kappa shape index (κ2) is 4.46. The van der Waals surface area contributed by atoms with Crippen LogP contribution in [0.3, 0.4) is 0 Å². The van der Waals surface area contributed by atoms with Gasteiger partial charge < -0.3 is 9.47 Å². The van der Waals surface area contributed by atoms with Crippen molar-refractivity contribution >= 4 is 11.9 Å². The number of esters is 2. The van der Waals surface area contributed by atoms with Crippen molar-refractivity contribution in [1.82, 2.24) is 0 Å². The van der Waals surface area contributed by atoms with Crippen LogP contribution in [-0.4, -0.2) is 26.2 Å². The minimum atomic E-state index is -0.796. The van der Waals surface area contributed by atoms with Crippen molar-refractivity contribution in [2.75, 3.05) is 14.2 Å². The summed E-state index contributed by atoms with van der Waals surface area (Å²) >= 11 is 0. The van der Waals surface area contributed by atoms with Crippen molar-refractivity contribution < 1.29 is 19.1 Å². The van der Waals surface area contributed by atoms with Gasteiger partial charge in [-0.3, -0.25) is 9.59 Å². The average molecular weight is 340 g/mol. The molecule has 5 aliphatic rings. The molecule has 5 rings (SSSR count). The highest BCUT2D eigenvalue weighted by molar-refractivity contribution is 5.96. The van der Waals surface area contributed by atoms with E-state index >= 15 is 0 Å². The predicted molar refractivity (Wildman–Crippen MR) is 91.1 cm³/mol. The summed E-state index contributed by atoms with van der Waals surface area (Å²) in [6, 6.07) is 0. The van der Waals surface area contributed by atoms with E-state index in [4.69, 9.17) is 9.47 Å². The van der Waals surface area contributed by atoms with Crippen molar-refractivity contribution in [3.8, 4) is 0 Å². The first-order chi connectivity index (χ1) is 12.0. The number of rotatable bonds is 2. The summed E-state index contributed by atoms with van der Waals surface area (Å²) in [5.74, 6) is 0.584. The molecule has 4 heteroatoms. The highest BCUT2D eigenvalue weighted by atomic mass is 16.5. The number of fused-ring (bicyclic) bond motifs is 12. The Balaban J connectivity index is 1.83. The maximum atomic E-state index is 13.3. The Morgan fingerprint density at radius 1 is 0.880 bits per heavy atom. The predicted octanol–water partition coefficient (Wildman–Crippen LogP) is 2.91. The monoisotopic (exact) mass is 340 g/mol. The number of carbonyl (C=O) groups is 2. The van der Waals surface area contributed by atoms with Crippen molar-refractivity contribution in [3.63, 3.8) is 0 Å². The van der Waals surface area contributed by atoms with Crippen LogP contribution >= 0.6 is 0 Å². The molecule has 3 saturated carbocycles. The Bertz CT molecular complexity index is 730. The van der Waals surface area contributed by atoms with E-state index in [1.54, 1.807) is 0 Å². The summed E-state index contributed by atoms with van der Waals surface area (Å²) in [5.41, 5.74) is 0.856. The van der Waals surface area contributed by atoms with Gasteiger partial charge in [0.15, 0.2) is 0 Å². The fraction of sp³-hybridized carbons (Fsp3) is 0.619. The van der Waals surface area contributed by atoms with Gasteiger partial charge in [0.1, 0.15) is 0 Å². The Morgan fingerprint density at radius 2 is 1.32 bits per heavy atom. The number of hydrogen-bond acceptors (Lipinski definition) is 4. The summed E-state index contributed by atoms with van der Waals surface area (Å²) in [5, 5.41) is 0. The van der Waals surface area contributed by atoms with Crippen LogP contribution in [0.15, 0.2) is 35.5 Å². The Kier molecular flexibility index (Phi) is 2.75. The van der Waals surface area contributed by atoms with Crippen LogP contribution in [0.1, 0.15) is 20.3 Å². The third-order valence-corrected chi connectivity index (χ3v) is 7.97. The van der Waals surface area contributed by atoms with Gasteiger partial charge in [-0.2, -0.15) is 0 Å². The Morgan fingerprint density at radius 3 is 1.68 bits per heavy atom.